The molecule has 0 aromatic heterocycles. The number of morpholine rings is 1. The van der Waals surface area contributed by atoms with Crippen molar-refractivity contribution in [2.45, 2.75) is 6.04 Å². The van der Waals surface area contributed by atoms with Crippen LogP contribution in [0.15, 0.2) is 48.2 Å². The maximum atomic E-state index is 11.5. The fraction of sp³-hybridized carbons (Fsp3) is 0.300. The van der Waals surface area contributed by atoms with Crippen molar-refractivity contribution in [3.63, 3.8) is 0 Å². The summed E-state index contributed by atoms with van der Waals surface area (Å²) in [5.74, 6) is 1.13. The first-order valence-corrected chi connectivity index (χ1v) is 9.86. The number of fused-ring (bicyclic) bond motifs is 1. The lowest BCUT2D eigenvalue weighted by Gasteiger charge is -2.32. The minimum atomic E-state index is -0.516. The average molecular weight is 448 g/mol. The van der Waals surface area contributed by atoms with Gasteiger partial charge in [-0.25, -0.2) is 0 Å². The molecule has 4 rings (SSSR count). The number of non-ortho nitro benzene ring substituents is 1. The maximum Gasteiger partial charge on any atom is 0.313 e. The summed E-state index contributed by atoms with van der Waals surface area (Å²) in [6.45, 7) is 2.47. The molecule has 1 fully saturated rings. The highest BCUT2D eigenvalue weighted by Crippen LogP contribution is 2.49. The maximum absolute atomic E-state index is 11.5. The van der Waals surface area contributed by atoms with Crippen LogP contribution in [-0.4, -0.2) is 47.7 Å². The third-order valence-electron chi connectivity index (χ3n) is 5.04. The first-order valence-electron chi connectivity index (χ1n) is 9.49. The van der Waals surface area contributed by atoms with Crippen LogP contribution in [0.3, 0.4) is 0 Å². The number of nitro benzene ring substituents is 2. The molecule has 10 nitrogen and oxygen atoms in total. The zero-order chi connectivity index (χ0) is 22.0. The van der Waals surface area contributed by atoms with Crippen molar-refractivity contribution >= 4 is 23.0 Å². The topological polar surface area (TPSA) is 117 Å². The van der Waals surface area contributed by atoms with Crippen LogP contribution in [0, 0.1) is 20.2 Å². The Hall–Kier alpha value is -3.21. The van der Waals surface area contributed by atoms with E-state index in [0.29, 0.717) is 43.4 Å². The summed E-state index contributed by atoms with van der Waals surface area (Å²) >= 11 is 6.15. The zero-order valence-corrected chi connectivity index (χ0v) is 17.0. The zero-order valence-electron chi connectivity index (χ0n) is 16.2. The molecule has 0 saturated carbocycles. The van der Waals surface area contributed by atoms with Crippen molar-refractivity contribution in [1.82, 2.24) is 4.90 Å². The molecule has 31 heavy (non-hydrogen) atoms. The van der Waals surface area contributed by atoms with Gasteiger partial charge in [0.25, 0.3) is 5.69 Å². The predicted octanol–water partition coefficient (Wildman–Crippen LogP) is 3.89. The summed E-state index contributed by atoms with van der Waals surface area (Å²) in [5, 5.41) is 22.5. The monoisotopic (exact) mass is 447 g/mol. The van der Waals surface area contributed by atoms with Gasteiger partial charge < -0.3 is 14.2 Å². The lowest BCUT2D eigenvalue weighted by atomic mass is 10.0. The summed E-state index contributed by atoms with van der Waals surface area (Å²) in [5.41, 5.74) is 0.403. The van der Waals surface area contributed by atoms with E-state index in [9.17, 15) is 20.2 Å². The van der Waals surface area contributed by atoms with E-state index in [1.807, 2.05) is 0 Å². The van der Waals surface area contributed by atoms with Crippen LogP contribution in [0.25, 0.3) is 0 Å². The van der Waals surface area contributed by atoms with Gasteiger partial charge in [0.2, 0.25) is 5.75 Å². The minimum Gasteiger partial charge on any atom is -0.489 e. The fourth-order valence-electron chi connectivity index (χ4n) is 3.63. The lowest BCUT2D eigenvalue weighted by molar-refractivity contribution is -0.385. The van der Waals surface area contributed by atoms with Gasteiger partial charge in [-0.05, 0) is 24.3 Å². The smallest absolute Gasteiger partial charge is 0.313 e. The van der Waals surface area contributed by atoms with E-state index >= 15 is 0 Å². The van der Waals surface area contributed by atoms with E-state index in [-0.39, 0.29) is 34.8 Å². The van der Waals surface area contributed by atoms with Gasteiger partial charge in [-0.3, -0.25) is 25.1 Å². The van der Waals surface area contributed by atoms with Crippen molar-refractivity contribution in [1.29, 1.82) is 0 Å². The van der Waals surface area contributed by atoms with Crippen LogP contribution in [0.2, 0.25) is 5.02 Å². The average Bonchev–Trinajstić information content (AvgIpc) is 3.12. The molecule has 2 aliphatic rings. The number of halogens is 1. The minimum absolute atomic E-state index is 0.0307. The lowest BCUT2D eigenvalue weighted by Crippen LogP contribution is -2.39. The Balaban J connectivity index is 1.59. The van der Waals surface area contributed by atoms with E-state index in [1.54, 1.807) is 12.1 Å². The van der Waals surface area contributed by atoms with E-state index in [4.69, 9.17) is 25.8 Å². The third kappa shape index (κ3) is 4.46. The number of ether oxygens (including phenoxy) is 3. The standard InChI is InChI=1S/C20H18ClN3O7/c21-13-11-16-19(22-6-9-29-10-7-22)18(31-20(16)17(12-13)24(27)28)5-8-30-15-3-1-14(2-4-15)23(25)26/h1-5,11-12,19H,6-10H2. The van der Waals surface area contributed by atoms with Crippen LogP contribution in [-0.2, 0) is 4.74 Å². The van der Waals surface area contributed by atoms with Crippen molar-refractivity contribution in [2.75, 3.05) is 32.9 Å². The Morgan fingerprint density at radius 3 is 2.48 bits per heavy atom. The largest absolute Gasteiger partial charge is 0.489 e. The molecule has 162 valence electrons. The molecule has 0 spiro atoms. The van der Waals surface area contributed by atoms with E-state index in [2.05, 4.69) is 4.90 Å². The highest BCUT2D eigenvalue weighted by atomic mass is 35.5. The summed E-state index contributed by atoms with van der Waals surface area (Å²) in [6.07, 6.45) is 1.71. The predicted molar refractivity (Wildman–Crippen MR) is 111 cm³/mol. The van der Waals surface area contributed by atoms with Gasteiger partial charge in [-0.15, -0.1) is 0 Å². The Labute approximate surface area is 181 Å². The first kappa shape index (κ1) is 21.0. The normalized spacial score (nSPS) is 19.6. The molecule has 1 atom stereocenters. The van der Waals surface area contributed by atoms with Gasteiger partial charge in [-0.1, -0.05) is 11.6 Å². The van der Waals surface area contributed by atoms with Crippen molar-refractivity contribution in [3.8, 4) is 11.5 Å². The van der Waals surface area contributed by atoms with E-state index < -0.39 is 9.85 Å². The quantitative estimate of drug-likeness (QED) is 0.483. The molecule has 0 radical (unpaired) electrons. The highest BCUT2D eigenvalue weighted by Gasteiger charge is 2.39. The van der Waals surface area contributed by atoms with Crippen LogP contribution in [0.4, 0.5) is 11.4 Å². The van der Waals surface area contributed by atoms with Gasteiger partial charge in [0, 0.05) is 41.9 Å². The van der Waals surface area contributed by atoms with Crippen molar-refractivity contribution in [3.05, 3.63) is 79.0 Å². The van der Waals surface area contributed by atoms with Crippen LogP contribution in [0.5, 0.6) is 11.5 Å². The molecule has 2 aromatic carbocycles. The molecule has 0 N–H and O–H groups in total. The molecule has 2 aromatic rings. The third-order valence-corrected chi connectivity index (χ3v) is 5.25. The van der Waals surface area contributed by atoms with Crippen LogP contribution >= 0.6 is 11.6 Å². The van der Waals surface area contributed by atoms with Gasteiger partial charge >= 0.3 is 5.69 Å². The molecule has 0 bridgehead atoms. The molecule has 2 heterocycles. The molecule has 11 heteroatoms. The van der Waals surface area contributed by atoms with Gasteiger partial charge in [-0.2, -0.15) is 0 Å². The van der Waals surface area contributed by atoms with E-state index in [0.717, 1.165) is 0 Å². The Morgan fingerprint density at radius 2 is 1.84 bits per heavy atom. The molecule has 1 saturated heterocycles. The second-order valence-electron chi connectivity index (χ2n) is 6.92. The van der Waals surface area contributed by atoms with Gasteiger partial charge in [0.15, 0.2) is 0 Å². The number of nitro groups is 2. The van der Waals surface area contributed by atoms with Crippen LogP contribution in [0.1, 0.15) is 11.6 Å². The summed E-state index contributed by atoms with van der Waals surface area (Å²) in [4.78, 5) is 23.4. The molecule has 1 unspecified atom stereocenters. The SMILES string of the molecule is O=[N+]([O-])c1ccc(OCC=C2Oc3c(cc(Cl)cc3[N+](=O)[O-])C2N2CCOCC2)cc1. The van der Waals surface area contributed by atoms with Gasteiger partial charge in [0.05, 0.1) is 29.1 Å². The van der Waals surface area contributed by atoms with Crippen LogP contribution < -0.4 is 9.47 Å². The van der Waals surface area contributed by atoms with Crippen molar-refractivity contribution < 1.29 is 24.1 Å². The Morgan fingerprint density at radius 1 is 1.13 bits per heavy atom. The summed E-state index contributed by atoms with van der Waals surface area (Å²) < 4.78 is 17.0. The first-order chi connectivity index (χ1) is 14.9. The highest BCUT2D eigenvalue weighted by molar-refractivity contribution is 6.31. The molecular weight excluding hydrogens is 430 g/mol. The molecule has 0 aliphatic carbocycles. The fourth-order valence-corrected chi connectivity index (χ4v) is 3.85. The molecular formula is C20H18ClN3O7. The number of nitrogens with zero attached hydrogens (tertiary/aromatic N) is 3. The Bertz CT molecular complexity index is 1040. The molecule has 2 aliphatic heterocycles. The second kappa shape index (κ2) is 8.88. The summed E-state index contributed by atoms with van der Waals surface area (Å²) in [7, 11) is 0. The number of rotatable bonds is 6. The number of benzene rings is 2. The number of hydrogen-bond acceptors (Lipinski definition) is 8. The summed E-state index contributed by atoms with van der Waals surface area (Å²) in [6, 6.07) is 8.32. The number of hydrogen-bond donors (Lipinski definition) is 0. The van der Waals surface area contributed by atoms with Crippen molar-refractivity contribution in [2.24, 2.45) is 0 Å². The van der Waals surface area contributed by atoms with E-state index in [1.165, 1.54) is 30.3 Å². The Kier molecular flexibility index (Phi) is 6.03. The molecule has 0 amide bonds. The van der Waals surface area contributed by atoms with Gasteiger partial charge in [0.1, 0.15) is 18.1 Å². The second-order valence-corrected chi connectivity index (χ2v) is 7.36.